The van der Waals surface area contributed by atoms with Crippen LogP contribution in [0.5, 0.6) is 0 Å². The molecule has 0 atom stereocenters. The fourth-order valence-electron chi connectivity index (χ4n) is 0.734. The molecule has 0 fully saturated rings. The molecule has 0 aliphatic heterocycles. The molecule has 0 aliphatic carbocycles. The summed E-state index contributed by atoms with van der Waals surface area (Å²) < 4.78 is 0. The number of amides is 1. The first kappa shape index (κ1) is 10.7. The van der Waals surface area contributed by atoms with Gasteiger partial charge in [-0.1, -0.05) is 18.2 Å². The largest absolute Gasteiger partial charge is 0.355 e. The van der Waals surface area contributed by atoms with Crippen molar-refractivity contribution >= 4 is 35.5 Å². The minimum Gasteiger partial charge on any atom is -0.355 e. The third-order valence-corrected chi connectivity index (χ3v) is 1.26. The van der Waals surface area contributed by atoms with E-state index >= 15 is 0 Å². The maximum atomic E-state index is 10.9. The van der Waals surface area contributed by atoms with Crippen LogP contribution in [-0.2, 0) is 0 Å². The van der Waals surface area contributed by atoms with E-state index in [1.165, 1.54) is 0 Å². The van der Waals surface area contributed by atoms with Crippen LogP contribution >= 0.6 is 0 Å². The summed E-state index contributed by atoms with van der Waals surface area (Å²) in [5, 5.41) is 2.54. The predicted octanol–water partition coefficient (Wildman–Crippen LogP) is 0.665. The second kappa shape index (κ2) is 5.35. The molecule has 53 valence electrons. The molecule has 0 aromatic heterocycles. The number of hydrogen-bond donors (Lipinski definition) is 1. The van der Waals surface area contributed by atoms with Gasteiger partial charge < -0.3 is 5.32 Å². The summed E-state index contributed by atoms with van der Waals surface area (Å²) in [4.78, 5) is 10.9. The van der Waals surface area contributed by atoms with Gasteiger partial charge in [0.2, 0.25) is 0 Å². The Morgan fingerprint density at radius 1 is 1.27 bits per heavy atom. The Morgan fingerprint density at radius 2 is 1.82 bits per heavy atom. The van der Waals surface area contributed by atoms with Crippen molar-refractivity contribution in [3.05, 3.63) is 35.9 Å². The van der Waals surface area contributed by atoms with Gasteiger partial charge in [0.1, 0.15) is 0 Å². The van der Waals surface area contributed by atoms with Gasteiger partial charge in [-0.25, -0.2) is 0 Å². The molecular weight excluding hydrogens is 149 g/mol. The number of carbonyl (C=O) groups excluding carboxylic acids is 1. The van der Waals surface area contributed by atoms with Crippen molar-refractivity contribution in [2.75, 3.05) is 7.05 Å². The number of benzene rings is 1. The molecule has 1 aromatic carbocycles. The molecule has 1 aromatic rings. The summed E-state index contributed by atoms with van der Waals surface area (Å²) in [5.41, 5.74) is 0.699. The Morgan fingerprint density at radius 3 is 2.27 bits per heavy atom. The Hall–Kier alpha value is -0.310. The predicted molar refractivity (Wildman–Crippen MR) is 45.6 cm³/mol. The van der Waals surface area contributed by atoms with Gasteiger partial charge in [-0.3, -0.25) is 4.79 Å². The van der Waals surface area contributed by atoms with E-state index in [0.29, 0.717) is 5.56 Å². The summed E-state index contributed by atoms with van der Waals surface area (Å²) in [5.74, 6) is -0.0411. The van der Waals surface area contributed by atoms with Crippen molar-refractivity contribution in [1.29, 1.82) is 0 Å². The zero-order chi connectivity index (χ0) is 7.40. The third kappa shape index (κ3) is 3.06. The first-order valence-electron chi connectivity index (χ1n) is 3.11. The van der Waals surface area contributed by atoms with E-state index in [9.17, 15) is 4.79 Å². The SMILES string of the molecule is CNC(=O)c1ccccc1.[Na]. The van der Waals surface area contributed by atoms with E-state index in [1.54, 1.807) is 19.2 Å². The number of carbonyl (C=O) groups is 1. The van der Waals surface area contributed by atoms with Crippen LogP contribution in [0, 0.1) is 0 Å². The normalized spacial score (nSPS) is 8.09. The van der Waals surface area contributed by atoms with Crippen LogP contribution < -0.4 is 5.32 Å². The smallest absolute Gasteiger partial charge is 0.251 e. The van der Waals surface area contributed by atoms with Crippen LogP contribution in [0.4, 0.5) is 0 Å². The quantitative estimate of drug-likeness (QED) is 0.598. The summed E-state index contributed by atoms with van der Waals surface area (Å²) in [6.07, 6.45) is 0. The Kier molecular flexibility index (Phi) is 5.20. The van der Waals surface area contributed by atoms with E-state index in [4.69, 9.17) is 0 Å². The van der Waals surface area contributed by atoms with Crippen molar-refractivity contribution < 1.29 is 4.79 Å². The number of nitrogens with one attached hydrogen (secondary N) is 1. The minimum atomic E-state index is -0.0411. The summed E-state index contributed by atoms with van der Waals surface area (Å²) in [6, 6.07) is 9.11. The molecule has 0 saturated carbocycles. The molecule has 1 rings (SSSR count). The zero-order valence-corrected chi connectivity index (χ0v) is 8.79. The van der Waals surface area contributed by atoms with Gasteiger partial charge >= 0.3 is 0 Å². The molecule has 3 heteroatoms. The fourth-order valence-corrected chi connectivity index (χ4v) is 0.734. The van der Waals surface area contributed by atoms with E-state index in [0.717, 1.165) is 0 Å². The van der Waals surface area contributed by atoms with Crippen LogP contribution in [0.3, 0.4) is 0 Å². The molecule has 1 N–H and O–H groups in total. The Labute approximate surface area is 88.3 Å². The van der Waals surface area contributed by atoms with Gasteiger partial charge in [0.25, 0.3) is 5.91 Å². The molecule has 2 nitrogen and oxygen atoms in total. The molecule has 1 amide bonds. The Balaban J connectivity index is 0.000001000. The van der Waals surface area contributed by atoms with Crippen LogP contribution in [-0.4, -0.2) is 42.5 Å². The minimum absolute atomic E-state index is 0. The Bertz CT molecular complexity index is 223. The molecule has 11 heavy (non-hydrogen) atoms. The van der Waals surface area contributed by atoms with E-state index in [2.05, 4.69) is 5.32 Å². The van der Waals surface area contributed by atoms with Crippen LogP contribution in [0.2, 0.25) is 0 Å². The third-order valence-electron chi connectivity index (χ3n) is 1.26. The van der Waals surface area contributed by atoms with E-state index in [-0.39, 0.29) is 35.5 Å². The van der Waals surface area contributed by atoms with Crippen molar-refractivity contribution in [3.8, 4) is 0 Å². The van der Waals surface area contributed by atoms with Gasteiger partial charge in [-0.2, -0.15) is 0 Å². The molecule has 0 heterocycles. The number of hydrogen-bond acceptors (Lipinski definition) is 1. The first-order chi connectivity index (χ1) is 4.84. The van der Waals surface area contributed by atoms with Crippen molar-refractivity contribution in [2.45, 2.75) is 0 Å². The summed E-state index contributed by atoms with van der Waals surface area (Å²) >= 11 is 0. The molecule has 0 bridgehead atoms. The average molecular weight is 158 g/mol. The van der Waals surface area contributed by atoms with Gasteiger partial charge in [0.05, 0.1) is 0 Å². The van der Waals surface area contributed by atoms with Gasteiger partial charge in [0, 0.05) is 42.2 Å². The van der Waals surface area contributed by atoms with Crippen LogP contribution in [0.15, 0.2) is 30.3 Å². The molecule has 0 unspecified atom stereocenters. The molecule has 0 aliphatic rings. The topological polar surface area (TPSA) is 29.1 Å². The average Bonchev–Trinajstić information content (AvgIpc) is 2.05. The van der Waals surface area contributed by atoms with Gasteiger partial charge in [-0.05, 0) is 12.1 Å². The maximum absolute atomic E-state index is 10.9. The van der Waals surface area contributed by atoms with E-state index in [1.807, 2.05) is 18.2 Å². The van der Waals surface area contributed by atoms with Crippen molar-refractivity contribution in [2.24, 2.45) is 0 Å². The second-order valence-electron chi connectivity index (χ2n) is 1.95. The van der Waals surface area contributed by atoms with E-state index < -0.39 is 0 Å². The molecular formula is C8H9NNaO. The van der Waals surface area contributed by atoms with Crippen LogP contribution in [0.25, 0.3) is 0 Å². The van der Waals surface area contributed by atoms with Crippen molar-refractivity contribution in [3.63, 3.8) is 0 Å². The summed E-state index contributed by atoms with van der Waals surface area (Å²) in [6.45, 7) is 0. The zero-order valence-electron chi connectivity index (χ0n) is 6.79. The number of rotatable bonds is 1. The molecule has 1 radical (unpaired) electrons. The molecule has 0 spiro atoms. The van der Waals surface area contributed by atoms with Crippen LogP contribution in [0.1, 0.15) is 10.4 Å². The summed E-state index contributed by atoms with van der Waals surface area (Å²) in [7, 11) is 1.62. The van der Waals surface area contributed by atoms with Gasteiger partial charge in [0.15, 0.2) is 0 Å². The van der Waals surface area contributed by atoms with Crippen molar-refractivity contribution in [1.82, 2.24) is 5.32 Å². The van der Waals surface area contributed by atoms with Gasteiger partial charge in [-0.15, -0.1) is 0 Å². The second-order valence-corrected chi connectivity index (χ2v) is 1.95. The fraction of sp³-hybridized carbons (Fsp3) is 0.125. The maximum Gasteiger partial charge on any atom is 0.251 e. The molecule has 0 saturated heterocycles. The standard InChI is InChI=1S/C8H9NO.Na/c1-9-8(10)7-5-3-2-4-6-7;/h2-6H,1H3,(H,9,10);. The monoisotopic (exact) mass is 158 g/mol. The first-order valence-corrected chi connectivity index (χ1v) is 3.11.